The van der Waals surface area contributed by atoms with Crippen LogP contribution in [0.4, 0.5) is 0 Å². The van der Waals surface area contributed by atoms with Crippen LogP contribution in [0.5, 0.6) is 0 Å². The van der Waals surface area contributed by atoms with E-state index in [1.54, 1.807) is 6.07 Å². The van der Waals surface area contributed by atoms with Crippen LogP contribution in [0.3, 0.4) is 0 Å². The zero-order valence-electron chi connectivity index (χ0n) is 17.1. The Morgan fingerprint density at radius 1 is 1.20 bits per heavy atom. The molecule has 1 aromatic heterocycles. The van der Waals surface area contributed by atoms with Crippen LogP contribution in [-0.2, 0) is 16.1 Å². The average Bonchev–Trinajstić information content (AvgIpc) is 2.70. The first kappa shape index (κ1) is 24.7. The Labute approximate surface area is 188 Å². The summed E-state index contributed by atoms with van der Waals surface area (Å²) in [6.07, 6.45) is 2.62. The first-order chi connectivity index (χ1) is 13.5. The van der Waals surface area contributed by atoms with Gasteiger partial charge in [-0.1, -0.05) is 0 Å². The largest absolute Gasteiger partial charge is 0.468 e. The summed E-state index contributed by atoms with van der Waals surface area (Å²) in [5.74, 6) is 0.281. The lowest BCUT2D eigenvalue weighted by Crippen LogP contribution is -2.48. The van der Waals surface area contributed by atoms with Crippen LogP contribution in [0.2, 0.25) is 0 Å². The number of carbonyl (C=O) groups excluding carboxylic acids is 2. The molecule has 0 saturated carbocycles. The molecule has 2 bridgehead atoms. The van der Waals surface area contributed by atoms with Gasteiger partial charge in [-0.15, -0.1) is 24.8 Å². The number of hydrogen-bond acceptors (Lipinski definition) is 6. The number of ether oxygens (including phenoxy) is 1. The molecule has 4 rings (SSSR count). The number of pyridine rings is 1. The molecule has 0 aromatic carbocycles. The fraction of sp³-hybridized carbons (Fsp3) is 0.650. The van der Waals surface area contributed by atoms with E-state index in [9.17, 15) is 14.4 Å². The Balaban J connectivity index is 0.00000160. The number of nitrogens with one attached hydrogen (secondary N) is 2. The van der Waals surface area contributed by atoms with Gasteiger partial charge in [0, 0.05) is 43.8 Å². The van der Waals surface area contributed by atoms with Gasteiger partial charge in [-0.05, 0) is 43.9 Å². The Bertz CT molecular complexity index is 824. The second kappa shape index (κ2) is 10.6. The van der Waals surface area contributed by atoms with Crippen molar-refractivity contribution in [2.45, 2.75) is 37.8 Å². The first-order valence-electron chi connectivity index (χ1n) is 10.1. The van der Waals surface area contributed by atoms with E-state index in [1.807, 2.05) is 15.5 Å². The number of carbonyl (C=O) groups is 2. The van der Waals surface area contributed by atoms with Gasteiger partial charge in [0.15, 0.2) is 0 Å². The lowest BCUT2D eigenvalue weighted by atomic mass is 9.84. The van der Waals surface area contributed by atoms with Gasteiger partial charge in [0.25, 0.3) is 11.5 Å². The third-order valence-electron chi connectivity index (χ3n) is 6.26. The van der Waals surface area contributed by atoms with Crippen LogP contribution in [-0.4, -0.2) is 67.2 Å². The average molecular weight is 461 g/mol. The highest BCUT2D eigenvalue weighted by atomic mass is 35.5. The van der Waals surface area contributed by atoms with Gasteiger partial charge >= 0.3 is 5.97 Å². The number of amides is 1. The third-order valence-corrected chi connectivity index (χ3v) is 6.26. The molecule has 0 unspecified atom stereocenters. The van der Waals surface area contributed by atoms with Gasteiger partial charge in [-0.25, -0.2) is 0 Å². The van der Waals surface area contributed by atoms with E-state index < -0.39 is 0 Å². The van der Waals surface area contributed by atoms with E-state index in [-0.39, 0.29) is 60.4 Å². The van der Waals surface area contributed by atoms with Gasteiger partial charge in [0.2, 0.25) is 0 Å². The van der Waals surface area contributed by atoms with E-state index in [4.69, 9.17) is 4.74 Å². The van der Waals surface area contributed by atoms with Crippen LogP contribution in [0.15, 0.2) is 16.9 Å². The molecule has 30 heavy (non-hydrogen) atoms. The Kier molecular flexibility index (Phi) is 8.73. The normalized spacial score (nSPS) is 23.4. The molecule has 8 nitrogen and oxygen atoms in total. The lowest BCUT2D eigenvalue weighted by molar-refractivity contribution is -0.142. The number of esters is 1. The van der Waals surface area contributed by atoms with Crippen LogP contribution in [0, 0.1) is 5.92 Å². The molecule has 3 aliphatic heterocycles. The number of fused-ring (bicyclic) bond motifs is 4. The summed E-state index contributed by atoms with van der Waals surface area (Å²) >= 11 is 0. The maximum atomic E-state index is 13.0. The van der Waals surface area contributed by atoms with Crippen LogP contribution >= 0.6 is 24.8 Å². The Morgan fingerprint density at radius 2 is 1.93 bits per heavy atom. The molecule has 1 amide bonds. The molecule has 1 aromatic rings. The minimum absolute atomic E-state index is 0. The molecule has 0 spiro atoms. The molecule has 10 heteroatoms. The number of halogens is 2. The van der Waals surface area contributed by atoms with Crippen molar-refractivity contribution in [1.82, 2.24) is 20.1 Å². The molecular formula is C20H30Cl2N4O4. The van der Waals surface area contributed by atoms with E-state index in [2.05, 4.69) is 10.6 Å². The molecular weight excluding hydrogens is 431 g/mol. The van der Waals surface area contributed by atoms with Crippen LogP contribution < -0.4 is 16.2 Å². The number of nitrogens with zero attached hydrogens (tertiary/aromatic N) is 2. The van der Waals surface area contributed by atoms with Gasteiger partial charge in [0.1, 0.15) is 5.56 Å². The van der Waals surface area contributed by atoms with E-state index in [0.717, 1.165) is 51.1 Å². The smallest absolute Gasteiger partial charge is 0.319 e. The lowest BCUT2D eigenvalue weighted by Gasteiger charge is -2.37. The van der Waals surface area contributed by atoms with Crippen LogP contribution in [0.25, 0.3) is 0 Å². The standard InChI is InChI=1S/C20H28N4O4.2ClH/c1-28-18(25)12-23-6-4-15(5-7-23)22-19(26)16-2-3-17-14-8-13(9-21-10-14)11-24(17)20(16)27;;/h2-3,13-15,21H,4-12H2,1H3,(H,22,26);2*1H/t13-,14+;;/m0../s1. The van der Waals surface area contributed by atoms with Crippen molar-refractivity contribution >= 4 is 36.7 Å². The minimum Gasteiger partial charge on any atom is -0.468 e. The van der Waals surface area contributed by atoms with Crippen molar-refractivity contribution in [3.8, 4) is 0 Å². The SMILES string of the molecule is COC(=O)CN1CCC(NC(=O)c2ccc3n(c2=O)C[C@@H]2CNC[C@H]3C2)CC1.Cl.Cl. The number of methoxy groups -OCH3 is 1. The molecule has 4 heterocycles. The number of piperidine rings is 2. The Morgan fingerprint density at radius 3 is 2.63 bits per heavy atom. The Hall–Kier alpha value is -1.61. The molecule has 0 radical (unpaired) electrons. The van der Waals surface area contributed by atoms with Gasteiger partial charge < -0.3 is 19.9 Å². The molecule has 2 fully saturated rings. The predicted octanol–water partition coefficient (Wildman–Crippen LogP) is 0.766. The highest BCUT2D eigenvalue weighted by Crippen LogP contribution is 2.31. The van der Waals surface area contributed by atoms with Crippen molar-refractivity contribution < 1.29 is 14.3 Å². The zero-order chi connectivity index (χ0) is 19.7. The summed E-state index contributed by atoms with van der Waals surface area (Å²) in [7, 11) is 1.39. The van der Waals surface area contributed by atoms with Gasteiger partial charge in [-0.3, -0.25) is 19.3 Å². The summed E-state index contributed by atoms with van der Waals surface area (Å²) in [6.45, 7) is 4.24. The summed E-state index contributed by atoms with van der Waals surface area (Å²) in [4.78, 5) is 39.1. The van der Waals surface area contributed by atoms with Crippen LogP contribution in [0.1, 0.15) is 41.2 Å². The molecule has 2 saturated heterocycles. The molecule has 3 aliphatic rings. The second-order valence-electron chi connectivity index (χ2n) is 8.14. The highest BCUT2D eigenvalue weighted by molar-refractivity contribution is 5.94. The highest BCUT2D eigenvalue weighted by Gasteiger charge is 2.32. The van der Waals surface area contributed by atoms with Crippen molar-refractivity contribution in [3.63, 3.8) is 0 Å². The monoisotopic (exact) mass is 460 g/mol. The number of aromatic nitrogens is 1. The zero-order valence-corrected chi connectivity index (χ0v) is 18.7. The summed E-state index contributed by atoms with van der Waals surface area (Å²) in [6, 6.07) is 3.65. The van der Waals surface area contributed by atoms with E-state index in [0.29, 0.717) is 18.4 Å². The van der Waals surface area contributed by atoms with Gasteiger partial charge in [0.05, 0.1) is 13.7 Å². The molecule has 168 valence electrons. The molecule has 0 aliphatic carbocycles. The fourth-order valence-corrected chi connectivity index (χ4v) is 4.71. The minimum atomic E-state index is -0.291. The van der Waals surface area contributed by atoms with Crippen molar-refractivity contribution in [2.24, 2.45) is 5.92 Å². The van der Waals surface area contributed by atoms with Crippen molar-refractivity contribution in [1.29, 1.82) is 0 Å². The summed E-state index contributed by atoms with van der Waals surface area (Å²) in [5, 5.41) is 6.44. The first-order valence-corrected chi connectivity index (χ1v) is 10.1. The molecule has 2 atom stereocenters. The summed E-state index contributed by atoms with van der Waals surface area (Å²) in [5.41, 5.74) is 1.10. The third kappa shape index (κ3) is 5.17. The predicted molar refractivity (Wildman–Crippen MR) is 118 cm³/mol. The van der Waals surface area contributed by atoms with E-state index >= 15 is 0 Å². The number of likely N-dealkylation sites (tertiary alicyclic amines) is 1. The number of rotatable bonds is 4. The van der Waals surface area contributed by atoms with E-state index in [1.165, 1.54) is 7.11 Å². The van der Waals surface area contributed by atoms with Gasteiger partial charge in [-0.2, -0.15) is 0 Å². The molecule has 2 N–H and O–H groups in total. The number of hydrogen-bond donors (Lipinski definition) is 2. The quantitative estimate of drug-likeness (QED) is 0.644. The second-order valence-corrected chi connectivity index (χ2v) is 8.14. The maximum absolute atomic E-state index is 13.0. The fourth-order valence-electron chi connectivity index (χ4n) is 4.71. The maximum Gasteiger partial charge on any atom is 0.319 e. The van der Waals surface area contributed by atoms with Crippen molar-refractivity contribution in [2.75, 3.05) is 39.8 Å². The summed E-state index contributed by atoms with van der Waals surface area (Å²) < 4.78 is 6.51. The van der Waals surface area contributed by atoms with Crippen molar-refractivity contribution in [3.05, 3.63) is 33.7 Å². The topological polar surface area (TPSA) is 92.7 Å².